The molecule has 2 heterocycles. The highest BCUT2D eigenvalue weighted by Crippen LogP contribution is 2.37. The molecule has 1 spiro atoms. The van der Waals surface area contributed by atoms with Crippen molar-refractivity contribution in [2.24, 2.45) is 0 Å². The van der Waals surface area contributed by atoms with Gasteiger partial charge in [0.05, 0.1) is 0 Å². The van der Waals surface area contributed by atoms with Gasteiger partial charge in [-0.3, -0.25) is 4.79 Å². The minimum atomic E-state index is -4.58. The van der Waals surface area contributed by atoms with Crippen molar-refractivity contribution >= 4 is 17.5 Å². The first-order chi connectivity index (χ1) is 16.0. The van der Waals surface area contributed by atoms with E-state index in [1.165, 1.54) is 29.2 Å². The Labute approximate surface area is 192 Å². The number of anilines is 1. The predicted molar refractivity (Wildman–Crippen MR) is 113 cm³/mol. The van der Waals surface area contributed by atoms with Crippen LogP contribution in [0.2, 0.25) is 0 Å². The van der Waals surface area contributed by atoms with E-state index in [9.17, 15) is 31.5 Å². The van der Waals surface area contributed by atoms with E-state index in [1.54, 1.807) is 0 Å². The molecule has 0 bridgehead atoms. The van der Waals surface area contributed by atoms with Gasteiger partial charge in [-0.15, -0.1) is 0 Å². The van der Waals surface area contributed by atoms with E-state index in [-0.39, 0.29) is 30.1 Å². The number of nitrogens with zero attached hydrogens (tertiary/aromatic N) is 1. The molecule has 2 amide bonds. The van der Waals surface area contributed by atoms with E-state index in [0.29, 0.717) is 37.2 Å². The van der Waals surface area contributed by atoms with E-state index in [4.69, 9.17) is 0 Å². The Bertz CT molecular complexity index is 1100. The lowest BCUT2D eigenvalue weighted by Gasteiger charge is -2.45. The summed E-state index contributed by atoms with van der Waals surface area (Å²) in [7, 11) is 0. The zero-order valence-corrected chi connectivity index (χ0v) is 18.0. The van der Waals surface area contributed by atoms with Crippen molar-refractivity contribution in [1.29, 1.82) is 0 Å². The normalized spacial score (nSPS) is 17.2. The van der Waals surface area contributed by atoms with Crippen LogP contribution in [0.1, 0.15) is 35.2 Å². The number of nitrogens with one attached hydrogen (secondary N) is 2. The van der Waals surface area contributed by atoms with Crippen molar-refractivity contribution in [1.82, 2.24) is 10.2 Å². The third-order valence-electron chi connectivity index (χ3n) is 6.04. The molecule has 0 aliphatic carbocycles. The van der Waals surface area contributed by atoms with Crippen molar-refractivity contribution in [2.75, 3.05) is 25.0 Å². The summed E-state index contributed by atoms with van der Waals surface area (Å²) in [5.41, 5.74) is 0.552. The number of hydrogen-bond acceptors (Lipinski definition) is 4. The SMILES string of the molecule is O=C1CC2(CCN(C(=O)NCc3ccc(F)cc3OCC(F)(F)F)CC2)Nc2ccc(F)cc21. The molecule has 2 aliphatic heterocycles. The summed E-state index contributed by atoms with van der Waals surface area (Å²) in [5.74, 6) is -1.69. The number of carbonyl (C=O) groups excluding carboxylic acids is 2. The summed E-state index contributed by atoms with van der Waals surface area (Å²) < 4.78 is 69.0. The third-order valence-corrected chi connectivity index (χ3v) is 6.04. The van der Waals surface area contributed by atoms with Crippen LogP contribution in [0.25, 0.3) is 0 Å². The molecule has 2 aromatic carbocycles. The number of Topliss-reactive ketones (excluding diaryl/α,β-unsaturated/α-hetero) is 1. The number of ether oxygens (including phenoxy) is 1. The van der Waals surface area contributed by atoms with Crippen LogP contribution in [-0.2, 0) is 6.54 Å². The minimum Gasteiger partial charge on any atom is -0.484 e. The highest BCUT2D eigenvalue weighted by molar-refractivity contribution is 6.04. The molecular weight excluding hydrogens is 461 g/mol. The standard InChI is InChI=1S/C23H22F5N3O3/c24-15-3-4-18-17(9-15)19(32)11-22(30-18)5-7-31(8-6-22)21(33)29-12-14-1-2-16(25)10-20(14)34-13-23(26,27)28/h1-4,9-10,30H,5-8,11-13H2,(H,29,33). The Kier molecular flexibility index (Phi) is 6.37. The largest absolute Gasteiger partial charge is 0.484 e. The second-order valence-corrected chi connectivity index (χ2v) is 8.50. The van der Waals surface area contributed by atoms with Crippen molar-refractivity contribution in [3.8, 4) is 5.75 Å². The molecule has 0 atom stereocenters. The maximum absolute atomic E-state index is 13.5. The maximum Gasteiger partial charge on any atom is 0.422 e. The van der Waals surface area contributed by atoms with Crippen LogP contribution in [0.5, 0.6) is 5.75 Å². The van der Waals surface area contributed by atoms with Gasteiger partial charge in [-0.2, -0.15) is 13.2 Å². The molecule has 1 fully saturated rings. The smallest absolute Gasteiger partial charge is 0.422 e. The van der Waals surface area contributed by atoms with Gasteiger partial charge < -0.3 is 20.3 Å². The lowest BCUT2D eigenvalue weighted by Crippen LogP contribution is -2.55. The lowest BCUT2D eigenvalue weighted by molar-refractivity contribution is -0.153. The Morgan fingerprint density at radius 1 is 1.09 bits per heavy atom. The predicted octanol–water partition coefficient (Wildman–Crippen LogP) is 4.65. The van der Waals surface area contributed by atoms with Gasteiger partial charge in [0.25, 0.3) is 0 Å². The summed E-state index contributed by atoms with van der Waals surface area (Å²) in [6.45, 7) is -1.05. The Morgan fingerprint density at radius 3 is 2.47 bits per heavy atom. The zero-order chi connectivity index (χ0) is 24.5. The van der Waals surface area contributed by atoms with Crippen molar-refractivity contribution in [3.63, 3.8) is 0 Å². The van der Waals surface area contributed by atoms with Crippen LogP contribution in [0.3, 0.4) is 0 Å². The fourth-order valence-electron chi connectivity index (χ4n) is 4.28. The molecule has 0 unspecified atom stereocenters. The molecule has 6 nitrogen and oxygen atoms in total. The average Bonchev–Trinajstić information content (AvgIpc) is 2.77. The number of piperidine rings is 1. The number of ketones is 1. The quantitative estimate of drug-likeness (QED) is 0.622. The summed E-state index contributed by atoms with van der Waals surface area (Å²) >= 11 is 0. The van der Waals surface area contributed by atoms with Crippen molar-refractivity contribution in [2.45, 2.75) is 37.5 Å². The van der Waals surface area contributed by atoms with Gasteiger partial charge in [-0.05, 0) is 37.1 Å². The highest BCUT2D eigenvalue weighted by Gasteiger charge is 2.41. The van der Waals surface area contributed by atoms with Gasteiger partial charge >= 0.3 is 12.2 Å². The van der Waals surface area contributed by atoms with Crippen LogP contribution >= 0.6 is 0 Å². The van der Waals surface area contributed by atoms with E-state index < -0.39 is 36.0 Å². The molecule has 2 aromatic rings. The molecule has 0 radical (unpaired) electrons. The van der Waals surface area contributed by atoms with Crippen molar-refractivity contribution in [3.05, 3.63) is 59.2 Å². The first-order valence-electron chi connectivity index (χ1n) is 10.7. The van der Waals surface area contributed by atoms with Crippen molar-refractivity contribution < 1.29 is 36.3 Å². The summed E-state index contributed by atoms with van der Waals surface area (Å²) in [6, 6.07) is 6.75. The topological polar surface area (TPSA) is 70.7 Å². The van der Waals surface area contributed by atoms with E-state index in [2.05, 4.69) is 15.4 Å². The molecule has 2 aliphatic rings. The molecule has 4 rings (SSSR count). The number of halogens is 5. The lowest BCUT2D eigenvalue weighted by atomic mass is 9.78. The van der Waals surface area contributed by atoms with Crippen LogP contribution in [0.4, 0.5) is 32.4 Å². The van der Waals surface area contributed by atoms with Crippen LogP contribution in [0, 0.1) is 11.6 Å². The maximum atomic E-state index is 13.5. The molecule has 34 heavy (non-hydrogen) atoms. The fraction of sp³-hybridized carbons (Fsp3) is 0.391. The summed E-state index contributed by atoms with van der Waals surface area (Å²) in [5, 5.41) is 5.96. The monoisotopic (exact) mass is 483 g/mol. The van der Waals surface area contributed by atoms with Gasteiger partial charge in [-0.25, -0.2) is 13.6 Å². The van der Waals surface area contributed by atoms with Gasteiger partial charge in [0.2, 0.25) is 0 Å². The number of fused-ring (bicyclic) bond motifs is 1. The molecule has 182 valence electrons. The Hall–Kier alpha value is -3.37. The number of urea groups is 1. The Balaban J connectivity index is 1.34. The van der Waals surface area contributed by atoms with Crippen LogP contribution in [0.15, 0.2) is 36.4 Å². The number of benzene rings is 2. The minimum absolute atomic E-state index is 0.149. The number of alkyl halides is 3. The molecule has 0 saturated carbocycles. The van der Waals surface area contributed by atoms with E-state index in [0.717, 1.165) is 12.1 Å². The summed E-state index contributed by atoms with van der Waals surface area (Å²) in [6.07, 6.45) is -3.42. The molecule has 1 saturated heterocycles. The molecular formula is C23H22F5N3O3. The van der Waals surface area contributed by atoms with Gasteiger partial charge in [0.1, 0.15) is 17.4 Å². The van der Waals surface area contributed by atoms with Crippen LogP contribution in [-0.4, -0.2) is 48.1 Å². The van der Waals surface area contributed by atoms with Gasteiger partial charge in [0.15, 0.2) is 12.4 Å². The average molecular weight is 483 g/mol. The Morgan fingerprint density at radius 2 is 1.76 bits per heavy atom. The van der Waals surface area contributed by atoms with Gasteiger partial charge in [-0.1, -0.05) is 6.07 Å². The van der Waals surface area contributed by atoms with E-state index in [1.807, 2.05) is 0 Å². The van der Waals surface area contributed by atoms with Crippen LogP contribution < -0.4 is 15.4 Å². The molecule has 0 aromatic heterocycles. The summed E-state index contributed by atoms with van der Waals surface area (Å²) in [4.78, 5) is 26.7. The fourth-order valence-corrected chi connectivity index (χ4v) is 4.28. The number of hydrogen-bond donors (Lipinski definition) is 2. The highest BCUT2D eigenvalue weighted by atomic mass is 19.4. The number of amides is 2. The first kappa shape index (κ1) is 23.8. The third kappa shape index (κ3) is 5.40. The first-order valence-corrected chi connectivity index (χ1v) is 10.7. The number of rotatable bonds is 4. The van der Waals surface area contributed by atoms with Gasteiger partial charge in [0, 0.05) is 54.5 Å². The zero-order valence-electron chi connectivity index (χ0n) is 18.0. The van der Waals surface area contributed by atoms with E-state index >= 15 is 0 Å². The number of likely N-dealkylation sites (tertiary alicyclic amines) is 1. The number of carbonyl (C=O) groups is 2. The second kappa shape index (κ2) is 9.11. The molecule has 2 N–H and O–H groups in total. The molecule has 11 heteroatoms. The second-order valence-electron chi connectivity index (χ2n) is 8.50.